The Morgan fingerprint density at radius 2 is 2.05 bits per heavy atom. The maximum Gasteiger partial charge on any atom is 0.238 e. The molecule has 0 saturated carbocycles. The molecule has 0 unspecified atom stereocenters. The number of likely N-dealkylation sites (N-methyl/N-ethyl adjacent to an activating group) is 1. The minimum atomic E-state index is -0.471. The number of para-hydroxylation sites is 1. The van der Waals surface area contributed by atoms with Crippen molar-refractivity contribution in [1.29, 1.82) is 0 Å². The second kappa shape index (κ2) is 7.16. The first kappa shape index (κ1) is 15.5. The molecular weight excluding hydrogens is 262 g/mol. The molecule has 5 nitrogen and oxygen atoms in total. The van der Waals surface area contributed by atoms with Gasteiger partial charge in [-0.25, -0.2) is 0 Å². The van der Waals surface area contributed by atoms with Crippen molar-refractivity contribution in [3.63, 3.8) is 0 Å². The topological polar surface area (TPSA) is 75.4 Å². The van der Waals surface area contributed by atoms with Gasteiger partial charge in [-0.2, -0.15) is 0 Å². The van der Waals surface area contributed by atoms with Crippen molar-refractivity contribution >= 4 is 29.3 Å². The average molecular weight is 281 g/mol. The van der Waals surface area contributed by atoms with Gasteiger partial charge in [-0.15, -0.1) is 11.8 Å². The fourth-order valence-electron chi connectivity index (χ4n) is 1.52. The molecule has 0 aromatic heterocycles. The number of nitrogens with zero attached hydrogens (tertiary/aromatic N) is 1. The molecule has 0 aliphatic rings. The number of thioether (sulfide) groups is 1. The number of nitrogens with two attached hydrogens (primary N) is 1. The van der Waals surface area contributed by atoms with Crippen LogP contribution in [0.3, 0.4) is 0 Å². The molecule has 1 aromatic rings. The molecule has 0 aliphatic carbocycles. The standard InChI is InChI=1S/C13H19N3O2S/c1-9(13(14)18)16(2)8-12(17)15-10-6-4-5-7-11(10)19-3/h4-7,9H,8H2,1-3H3,(H2,14,18)(H,15,17)/t9-/m0/s1. The van der Waals surface area contributed by atoms with Crippen LogP contribution >= 0.6 is 11.8 Å². The Bertz CT molecular complexity index is 465. The van der Waals surface area contributed by atoms with Gasteiger partial charge in [0.15, 0.2) is 0 Å². The van der Waals surface area contributed by atoms with E-state index >= 15 is 0 Å². The van der Waals surface area contributed by atoms with E-state index in [1.165, 1.54) is 0 Å². The first-order valence-electron chi connectivity index (χ1n) is 5.88. The third-order valence-electron chi connectivity index (χ3n) is 2.85. The van der Waals surface area contributed by atoms with Crippen molar-refractivity contribution in [2.45, 2.75) is 17.9 Å². The third kappa shape index (κ3) is 4.57. The molecule has 3 N–H and O–H groups in total. The zero-order valence-corrected chi connectivity index (χ0v) is 12.2. The highest BCUT2D eigenvalue weighted by atomic mass is 32.2. The van der Waals surface area contributed by atoms with E-state index in [9.17, 15) is 9.59 Å². The summed E-state index contributed by atoms with van der Waals surface area (Å²) >= 11 is 1.57. The number of nitrogens with one attached hydrogen (secondary N) is 1. The van der Waals surface area contributed by atoms with Gasteiger partial charge in [0.2, 0.25) is 11.8 Å². The van der Waals surface area contributed by atoms with Gasteiger partial charge in [-0.3, -0.25) is 14.5 Å². The minimum Gasteiger partial charge on any atom is -0.368 e. The molecule has 0 radical (unpaired) electrons. The Balaban J connectivity index is 2.63. The summed E-state index contributed by atoms with van der Waals surface area (Å²) in [5, 5.41) is 2.83. The van der Waals surface area contributed by atoms with Crippen LogP contribution in [0.4, 0.5) is 5.69 Å². The lowest BCUT2D eigenvalue weighted by molar-refractivity contribution is -0.123. The monoisotopic (exact) mass is 281 g/mol. The predicted molar refractivity (Wildman–Crippen MR) is 78.1 cm³/mol. The summed E-state index contributed by atoms with van der Waals surface area (Å²) < 4.78 is 0. The highest BCUT2D eigenvalue weighted by Crippen LogP contribution is 2.24. The van der Waals surface area contributed by atoms with Crippen LogP contribution in [0.25, 0.3) is 0 Å². The van der Waals surface area contributed by atoms with Crippen molar-refractivity contribution in [2.24, 2.45) is 5.73 Å². The van der Waals surface area contributed by atoms with Crippen molar-refractivity contribution in [3.8, 4) is 0 Å². The van der Waals surface area contributed by atoms with E-state index in [1.54, 1.807) is 30.6 Å². The van der Waals surface area contributed by atoms with Crippen LogP contribution < -0.4 is 11.1 Å². The van der Waals surface area contributed by atoms with E-state index in [2.05, 4.69) is 5.32 Å². The van der Waals surface area contributed by atoms with E-state index < -0.39 is 11.9 Å². The van der Waals surface area contributed by atoms with Gasteiger partial charge < -0.3 is 11.1 Å². The number of carbonyl (C=O) groups is 2. The first-order valence-corrected chi connectivity index (χ1v) is 7.10. The number of hydrogen-bond acceptors (Lipinski definition) is 4. The van der Waals surface area contributed by atoms with Crippen LogP contribution in [0.1, 0.15) is 6.92 Å². The Morgan fingerprint density at radius 1 is 1.42 bits per heavy atom. The lowest BCUT2D eigenvalue weighted by Crippen LogP contribution is -2.43. The Kier molecular flexibility index (Phi) is 5.85. The molecule has 104 valence electrons. The SMILES string of the molecule is CSc1ccccc1NC(=O)CN(C)[C@@H](C)C(N)=O. The van der Waals surface area contributed by atoms with Crippen LogP contribution in [0.5, 0.6) is 0 Å². The van der Waals surface area contributed by atoms with Crippen LogP contribution in [-0.2, 0) is 9.59 Å². The molecular formula is C13H19N3O2S. The first-order chi connectivity index (χ1) is 8.95. The smallest absolute Gasteiger partial charge is 0.238 e. The molecule has 0 aliphatic heterocycles. The van der Waals surface area contributed by atoms with Crippen molar-refractivity contribution in [3.05, 3.63) is 24.3 Å². The Hall–Kier alpha value is -1.53. The summed E-state index contributed by atoms with van der Waals surface area (Å²) in [7, 11) is 1.69. The highest BCUT2D eigenvalue weighted by molar-refractivity contribution is 7.98. The van der Waals surface area contributed by atoms with E-state index in [1.807, 2.05) is 30.5 Å². The lowest BCUT2D eigenvalue weighted by atomic mass is 10.2. The zero-order chi connectivity index (χ0) is 14.4. The number of primary amides is 1. The van der Waals surface area contributed by atoms with Gasteiger partial charge in [0.05, 0.1) is 18.3 Å². The number of amides is 2. The highest BCUT2D eigenvalue weighted by Gasteiger charge is 2.17. The van der Waals surface area contributed by atoms with Gasteiger partial charge in [0.25, 0.3) is 0 Å². The molecule has 0 fully saturated rings. The number of benzene rings is 1. The number of hydrogen-bond donors (Lipinski definition) is 2. The summed E-state index contributed by atoms with van der Waals surface area (Å²) in [6, 6.07) is 7.10. The van der Waals surface area contributed by atoms with Crippen LogP contribution in [0, 0.1) is 0 Å². The summed E-state index contributed by atoms with van der Waals surface area (Å²) in [5.74, 6) is -0.614. The van der Waals surface area contributed by atoms with E-state index in [0.717, 1.165) is 10.6 Å². The molecule has 1 rings (SSSR count). The molecule has 2 amide bonds. The van der Waals surface area contributed by atoms with Gasteiger partial charge in [-0.05, 0) is 32.4 Å². The maximum absolute atomic E-state index is 11.9. The molecule has 6 heteroatoms. The number of carbonyl (C=O) groups excluding carboxylic acids is 2. The van der Waals surface area contributed by atoms with Gasteiger partial charge in [0, 0.05) is 4.90 Å². The quantitative estimate of drug-likeness (QED) is 0.767. The normalized spacial score (nSPS) is 12.2. The molecule has 0 saturated heterocycles. The van der Waals surface area contributed by atoms with E-state index in [-0.39, 0.29) is 12.5 Å². The molecule has 0 heterocycles. The van der Waals surface area contributed by atoms with Crippen LogP contribution in [0.15, 0.2) is 29.2 Å². The molecule has 0 bridgehead atoms. The fourth-order valence-corrected chi connectivity index (χ4v) is 2.07. The average Bonchev–Trinajstić information content (AvgIpc) is 2.38. The summed E-state index contributed by atoms with van der Waals surface area (Å²) in [6.07, 6.45) is 1.95. The maximum atomic E-state index is 11.9. The molecule has 1 aromatic carbocycles. The van der Waals surface area contributed by atoms with Crippen LogP contribution in [-0.4, -0.2) is 42.6 Å². The number of anilines is 1. The van der Waals surface area contributed by atoms with Crippen molar-refractivity contribution < 1.29 is 9.59 Å². The fraction of sp³-hybridized carbons (Fsp3) is 0.385. The molecule has 0 spiro atoms. The van der Waals surface area contributed by atoms with Gasteiger partial charge in [-0.1, -0.05) is 12.1 Å². The summed E-state index contributed by atoms with van der Waals surface area (Å²) in [5.41, 5.74) is 5.97. The van der Waals surface area contributed by atoms with E-state index in [0.29, 0.717) is 0 Å². The largest absolute Gasteiger partial charge is 0.368 e. The third-order valence-corrected chi connectivity index (χ3v) is 3.64. The molecule has 1 atom stereocenters. The predicted octanol–water partition coefficient (Wildman–Crippen LogP) is 1.15. The second-order valence-electron chi connectivity index (χ2n) is 4.24. The lowest BCUT2D eigenvalue weighted by Gasteiger charge is -2.21. The zero-order valence-electron chi connectivity index (χ0n) is 11.3. The van der Waals surface area contributed by atoms with E-state index in [4.69, 9.17) is 5.73 Å². The summed E-state index contributed by atoms with van der Waals surface area (Å²) in [6.45, 7) is 1.79. The van der Waals surface area contributed by atoms with Gasteiger partial charge in [0.1, 0.15) is 0 Å². The Morgan fingerprint density at radius 3 is 2.63 bits per heavy atom. The van der Waals surface area contributed by atoms with Crippen LogP contribution in [0.2, 0.25) is 0 Å². The summed E-state index contributed by atoms with van der Waals surface area (Å²) in [4.78, 5) is 25.5. The Labute approximate surface area is 117 Å². The van der Waals surface area contributed by atoms with Gasteiger partial charge >= 0.3 is 0 Å². The van der Waals surface area contributed by atoms with Crippen molar-refractivity contribution in [1.82, 2.24) is 4.90 Å². The minimum absolute atomic E-state index is 0.118. The number of rotatable bonds is 6. The molecule has 19 heavy (non-hydrogen) atoms. The second-order valence-corrected chi connectivity index (χ2v) is 5.09. The van der Waals surface area contributed by atoms with Crippen molar-refractivity contribution in [2.75, 3.05) is 25.2 Å².